The van der Waals surface area contributed by atoms with Crippen molar-refractivity contribution in [3.63, 3.8) is 0 Å². The molecule has 2 saturated heterocycles. The molecular formula is C26H34N6. The molecule has 0 amide bonds. The van der Waals surface area contributed by atoms with E-state index < -0.39 is 0 Å². The van der Waals surface area contributed by atoms with E-state index in [1.54, 1.807) is 0 Å². The maximum Gasteiger partial charge on any atom is 0.138 e. The highest BCUT2D eigenvalue weighted by atomic mass is 15.3. The first-order chi connectivity index (χ1) is 15.7. The van der Waals surface area contributed by atoms with E-state index in [9.17, 15) is 0 Å². The lowest BCUT2D eigenvalue weighted by molar-refractivity contribution is 0.109. The van der Waals surface area contributed by atoms with Gasteiger partial charge in [-0.1, -0.05) is 12.1 Å². The molecule has 5 heterocycles. The number of likely N-dealkylation sites (N-methyl/N-ethyl adjacent to an activating group) is 1. The van der Waals surface area contributed by atoms with Crippen LogP contribution in [0.25, 0.3) is 5.65 Å². The smallest absolute Gasteiger partial charge is 0.138 e. The minimum absolute atomic E-state index is 0.336. The molecule has 3 fully saturated rings. The first kappa shape index (κ1) is 20.2. The summed E-state index contributed by atoms with van der Waals surface area (Å²) in [6.07, 6.45) is 10.5. The Labute approximate surface area is 190 Å². The fourth-order valence-corrected chi connectivity index (χ4v) is 5.73. The Morgan fingerprint density at radius 3 is 2.50 bits per heavy atom. The van der Waals surface area contributed by atoms with Crippen LogP contribution in [0.5, 0.6) is 0 Å². The Morgan fingerprint density at radius 2 is 1.69 bits per heavy atom. The SMILES string of the molecule is CN1CCN(c2cccc3nc(C4CCCC(c5ncccc5C5CC5)N4C)cn23)CC1. The third-order valence-corrected chi connectivity index (χ3v) is 7.80. The van der Waals surface area contributed by atoms with Crippen molar-refractivity contribution in [2.24, 2.45) is 0 Å². The van der Waals surface area contributed by atoms with Gasteiger partial charge >= 0.3 is 0 Å². The van der Waals surface area contributed by atoms with Crippen molar-refractivity contribution in [3.05, 3.63) is 59.7 Å². The minimum atomic E-state index is 0.336. The summed E-state index contributed by atoms with van der Waals surface area (Å²) in [5.41, 5.74) is 5.05. The molecule has 0 bridgehead atoms. The number of fused-ring (bicyclic) bond motifs is 1. The molecule has 6 heteroatoms. The van der Waals surface area contributed by atoms with E-state index in [1.165, 1.54) is 48.5 Å². The average molecular weight is 431 g/mol. The van der Waals surface area contributed by atoms with E-state index in [4.69, 9.17) is 9.97 Å². The molecule has 2 aliphatic heterocycles. The number of anilines is 1. The maximum atomic E-state index is 5.12. The molecule has 0 radical (unpaired) electrons. The highest BCUT2D eigenvalue weighted by molar-refractivity contribution is 5.53. The fraction of sp³-hybridized carbons (Fsp3) is 0.538. The van der Waals surface area contributed by atoms with Crippen LogP contribution in [0.3, 0.4) is 0 Å². The topological polar surface area (TPSA) is 39.9 Å². The van der Waals surface area contributed by atoms with Crippen LogP contribution in [0.4, 0.5) is 5.82 Å². The molecule has 0 aromatic carbocycles. The van der Waals surface area contributed by atoms with Gasteiger partial charge in [0, 0.05) is 38.6 Å². The lowest BCUT2D eigenvalue weighted by Gasteiger charge is -2.39. The molecule has 168 valence electrons. The van der Waals surface area contributed by atoms with Gasteiger partial charge in [0.2, 0.25) is 0 Å². The van der Waals surface area contributed by atoms with E-state index in [0.717, 1.165) is 44.2 Å². The number of piperidine rings is 1. The first-order valence-electron chi connectivity index (χ1n) is 12.3. The molecule has 2 atom stereocenters. The average Bonchev–Trinajstić information content (AvgIpc) is 3.58. The van der Waals surface area contributed by atoms with Crippen molar-refractivity contribution in [1.29, 1.82) is 0 Å². The molecule has 0 spiro atoms. The molecule has 3 aromatic rings. The zero-order valence-corrected chi connectivity index (χ0v) is 19.3. The van der Waals surface area contributed by atoms with Crippen LogP contribution in [-0.2, 0) is 0 Å². The lowest BCUT2D eigenvalue weighted by Crippen LogP contribution is -2.45. The summed E-state index contributed by atoms with van der Waals surface area (Å²) in [6.45, 7) is 4.35. The van der Waals surface area contributed by atoms with Crippen molar-refractivity contribution in [2.45, 2.75) is 50.1 Å². The number of aromatic nitrogens is 3. The first-order valence-corrected chi connectivity index (χ1v) is 12.3. The van der Waals surface area contributed by atoms with Gasteiger partial charge in [0.15, 0.2) is 0 Å². The molecule has 3 aliphatic rings. The quantitative estimate of drug-likeness (QED) is 0.619. The third-order valence-electron chi connectivity index (χ3n) is 7.80. The number of rotatable bonds is 4. The van der Waals surface area contributed by atoms with Crippen molar-refractivity contribution in [2.75, 3.05) is 45.2 Å². The molecule has 2 unspecified atom stereocenters. The van der Waals surface area contributed by atoms with Gasteiger partial charge in [-0.2, -0.15) is 0 Å². The Morgan fingerprint density at radius 1 is 0.875 bits per heavy atom. The summed E-state index contributed by atoms with van der Waals surface area (Å²) >= 11 is 0. The van der Waals surface area contributed by atoms with Crippen LogP contribution in [0.15, 0.2) is 42.7 Å². The third kappa shape index (κ3) is 3.59. The van der Waals surface area contributed by atoms with Crippen LogP contribution >= 0.6 is 0 Å². The van der Waals surface area contributed by atoms with E-state index >= 15 is 0 Å². The van der Waals surface area contributed by atoms with E-state index in [0.29, 0.717) is 12.1 Å². The van der Waals surface area contributed by atoms with Gasteiger partial charge in [-0.25, -0.2) is 4.98 Å². The molecular weight excluding hydrogens is 396 g/mol. The monoisotopic (exact) mass is 430 g/mol. The predicted molar refractivity (Wildman–Crippen MR) is 128 cm³/mol. The van der Waals surface area contributed by atoms with Crippen LogP contribution in [-0.4, -0.2) is 64.4 Å². The molecule has 6 nitrogen and oxygen atoms in total. The molecule has 3 aromatic heterocycles. The van der Waals surface area contributed by atoms with Crippen molar-refractivity contribution < 1.29 is 0 Å². The van der Waals surface area contributed by atoms with Gasteiger partial charge in [-0.3, -0.25) is 14.3 Å². The molecule has 6 rings (SSSR count). The second-order valence-corrected chi connectivity index (χ2v) is 9.95. The second kappa shape index (κ2) is 8.16. The van der Waals surface area contributed by atoms with E-state index in [-0.39, 0.29) is 0 Å². The molecule has 0 N–H and O–H groups in total. The molecule has 32 heavy (non-hydrogen) atoms. The molecule has 1 saturated carbocycles. The number of likely N-dealkylation sites (tertiary alicyclic amines) is 1. The normalized spacial score (nSPS) is 25.5. The van der Waals surface area contributed by atoms with Gasteiger partial charge in [0.05, 0.1) is 23.5 Å². The number of nitrogens with zero attached hydrogens (tertiary/aromatic N) is 6. The second-order valence-electron chi connectivity index (χ2n) is 9.95. The van der Waals surface area contributed by atoms with Crippen LogP contribution < -0.4 is 4.90 Å². The summed E-state index contributed by atoms with van der Waals surface area (Å²) in [7, 11) is 4.49. The fourth-order valence-electron chi connectivity index (χ4n) is 5.73. The largest absolute Gasteiger partial charge is 0.355 e. The van der Waals surface area contributed by atoms with Gasteiger partial charge in [-0.15, -0.1) is 0 Å². The van der Waals surface area contributed by atoms with Crippen LogP contribution in [0, 0.1) is 0 Å². The number of piperazine rings is 1. The summed E-state index contributed by atoms with van der Waals surface area (Å²) in [6, 6.07) is 11.7. The van der Waals surface area contributed by atoms with Gasteiger partial charge in [-0.05, 0) is 75.9 Å². The minimum Gasteiger partial charge on any atom is -0.355 e. The number of imidazole rings is 1. The van der Waals surface area contributed by atoms with Crippen molar-refractivity contribution in [1.82, 2.24) is 24.2 Å². The van der Waals surface area contributed by atoms with Gasteiger partial charge < -0.3 is 9.80 Å². The Kier molecular flexibility index (Phi) is 5.15. The van der Waals surface area contributed by atoms with Crippen molar-refractivity contribution in [3.8, 4) is 0 Å². The Balaban J connectivity index is 1.31. The number of pyridine rings is 2. The number of hydrogen-bond donors (Lipinski definition) is 0. The highest BCUT2D eigenvalue weighted by Gasteiger charge is 2.36. The summed E-state index contributed by atoms with van der Waals surface area (Å²) < 4.78 is 2.31. The van der Waals surface area contributed by atoms with E-state index in [1.807, 2.05) is 6.20 Å². The summed E-state index contributed by atoms with van der Waals surface area (Å²) in [5.74, 6) is 2.00. The van der Waals surface area contributed by atoms with E-state index in [2.05, 4.69) is 69.7 Å². The predicted octanol–water partition coefficient (Wildman–Crippen LogP) is 4.26. The molecule has 1 aliphatic carbocycles. The van der Waals surface area contributed by atoms with Gasteiger partial charge in [0.1, 0.15) is 11.5 Å². The van der Waals surface area contributed by atoms with Gasteiger partial charge in [0.25, 0.3) is 0 Å². The lowest BCUT2D eigenvalue weighted by atomic mass is 9.90. The summed E-state index contributed by atoms with van der Waals surface area (Å²) in [4.78, 5) is 17.5. The van der Waals surface area contributed by atoms with Crippen LogP contribution in [0.2, 0.25) is 0 Å². The zero-order valence-electron chi connectivity index (χ0n) is 19.3. The highest BCUT2D eigenvalue weighted by Crippen LogP contribution is 2.46. The maximum absolute atomic E-state index is 5.12. The summed E-state index contributed by atoms with van der Waals surface area (Å²) in [5, 5.41) is 0. The van der Waals surface area contributed by atoms with Crippen molar-refractivity contribution >= 4 is 11.5 Å². The standard InChI is InChI=1S/C26H34N6/c1-29-14-16-31(17-15-29)25-10-4-9-24-28-21(18-32(24)25)22-7-3-8-23(30(22)2)26-20(19-11-12-19)6-5-13-27-26/h4-6,9-10,13,18-19,22-23H,3,7-8,11-12,14-17H2,1-2H3. The number of hydrogen-bond acceptors (Lipinski definition) is 5. The zero-order chi connectivity index (χ0) is 21.7. The Bertz CT molecular complexity index is 1090. The Hall–Kier alpha value is -2.44. The van der Waals surface area contributed by atoms with Crippen LogP contribution in [0.1, 0.15) is 67.1 Å².